The van der Waals surface area contributed by atoms with Crippen LogP contribution >= 0.6 is 0 Å². The van der Waals surface area contributed by atoms with E-state index in [1.54, 1.807) is 12.1 Å². The molecule has 2 heterocycles. The molecule has 88 valence electrons. The molecule has 4 heteroatoms. The standard InChI is InChI=1S/C13H15N3O/c17-12-3-1-11(2-4-12)16-9-10-5-7-14-8-6-13(10)15-16/h1-4,9,14,17H,5-8H2. The van der Waals surface area contributed by atoms with Crippen LogP contribution in [-0.4, -0.2) is 28.0 Å². The molecule has 0 atom stereocenters. The Morgan fingerprint density at radius 1 is 1.12 bits per heavy atom. The Kier molecular flexibility index (Phi) is 2.57. The van der Waals surface area contributed by atoms with Crippen molar-refractivity contribution in [2.75, 3.05) is 13.1 Å². The van der Waals surface area contributed by atoms with E-state index in [1.807, 2.05) is 16.8 Å². The van der Waals surface area contributed by atoms with Crippen molar-refractivity contribution >= 4 is 0 Å². The van der Waals surface area contributed by atoms with Crippen LogP contribution < -0.4 is 5.32 Å². The van der Waals surface area contributed by atoms with Gasteiger partial charge in [0.15, 0.2) is 0 Å². The number of phenolic OH excluding ortho intramolecular Hbond substituents is 1. The molecule has 2 aromatic rings. The number of phenols is 1. The Balaban J connectivity index is 1.96. The first-order valence-electron chi connectivity index (χ1n) is 5.90. The molecule has 17 heavy (non-hydrogen) atoms. The summed E-state index contributed by atoms with van der Waals surface area (Å²) in [5, 5.41) is 17.2. The molecule has 0 aliphatic carbocycles. The molecular formula is C13H15N3O. The molecule has 0 fully saturated rings. The number of aromatic hydroxyl groups is 1. The summed E-state index contributed by atoms with van der Waals surface area (Å²) in [6, 6.07) is 7.12. The Morgan fingerprint density at radius 2 is 1.88 bits per heavy atom. The fourth-order valence-corrected chi connectivity index (χ4v) is 2.16. The van der Waals surface area contributed by atoms with Gasteiger partial charge in [-0.15, -0.1) is 0 Å². The van der Waals surface area contributed by atoms with E-state index >= 15 is 0 Å². The molecule has 0 bridgehead atoms. The number of nitrogens with zero attached hydrogens (tertiary/aromatic N) is 2. The van der Waals surface area contributed by atoms with Gasteiger partial charge < -0.3 is 10.4 Å². The van der Waals surface area contributed by atoms with Crippen LogP contribution in [0.3, 0.4) is 0 Å². The molecule has 0 saturated carbocycles. The molecule has 1 aromatic carbocycles. The topological polar surface area (TPSA) is 50.1 Å². The molecule has 2 N–H and O–H groups in total. The normalized spacial score (nSPS) is 15.3. The number of rotatable bonds is 1. The second kappa shape index (κ2) is 4.22. The lowest BCUT2D eigenvalue weighted by molar-refractivity contribution is 0.475. The minimum atomic E-state index is 0.284. The zero-order valence-corrected chi connectivity index (χ0v) is 9.56. The van der Waals surface area contributed by atoms with Crippen LogP contribution in [0.1, 0.15) is 11.3 Å². The minimum absolute atomic E-state index is 0.284. The van der Waals surface area contributed by atoms with Crippen molar-refractivity contribution in [1.82, 2.24) is 15.1 Å². The van der Waals surface area contributed by atoms with Crippen molar-refractivity contribution in [3.63, 3.8) is 0 Å². The SMILES string of the molecule is Oc1ccc(-n2cc3c(n2)CCNCC3)cc1. The van der Waals surface area contributed by atoms with E-state index in [2.05, 4.69) is 16.6 Å². The molecule has 0 radical (unpaired) electrons. The van der Waals surface area contributed by atoms with Crippen molar-refractivity contribution in [1.29, 1.82) is 0 Å². The summed E-state index contributed by atoms with van der Waals surface area (Å²) >= 11 is 0. The first-order valence-corrected chi connectivity index (χ1v) is 5.90. The lowest BCUT2D eigenvalue weighted by Crippen LogP contribution is -2.16. The van der Waals surface area contributed by atoms with Crippen LogP contribution in [0.4, 0.5) is 0 Å². The Bertz CT molecular complexity index is 492. The number of fused-ring (bicyclic) bond motifs is 1. The highest BCUT2D eigenvalue weighted by molar-refractivity contribution is 5.37. The van der Waals surface area contributed by atoms with Crippen LogP contribution in [-0.2, 0) is 12.8 Å². The summed E-state index contributed by atoms with van der Waals surface area (Å²) in [4.78, 5) is 0. The van der Waals surface area contributed by atoms with Gasteiger partial charge >= 0.3 is 0 Å². The van der Waals surface area contributed by atoms with E-state index in [0.717, 1.165) is 31.6 Å². The van der Waals surface area contributed by atoms with Gasteiger partial charge in [0.25, 0.3) is 0 Å². The molecular weight excluding hydrogens is 214 g/mol. The van der Waals surface area contributed by atoms with Crippen molar-refractivity contribution in [2.24, 2.45) is 0 Å². The maximum absolute atomic E-state index is 9.26. The third-order valence-corrected chi connectivity index (χ3v) is 3.10. The van der Waals surface area contributed by atoms with Crippen molar-refractivity contribution < 1.29 is 5.11 Å². The summed E-state index contributed by atoms with van der Waals surface area (Å²) in [6.45, 7) is 2.02. The first-order chi connectivity index (χ1) is 8.33. The van der Waals surface area contributed by atoms with E-state index in [-0.39, 0.29) is 5.75 Å². The van der Waals surface area contributed by atoms with Crippen molar-refractivity contribution in [3.05, 3.63) is 41.7 Å². The quantitative estimate of drug-likeness (QED) is 0.774. The van der Waals surface area contributed by atoms with Gasteiger partial charge in [-0.05, 0) is 42.8 Å². The van der Waals surface area contributed by atoms with Crippen LogP contribution in [0, 0.1) is 0 Å². The monoisotopic (exact) mass is 229 g/mol. The molecule has 0 spiro atoms. The van der Waals surface area contributed by atoms with E-state index in [0.29, 0.717) is 0 Å². The number of benzene rings is 1. The highest BCUT2D eigenvalue weighted by Gasteiger charge is 2.12. The van der Waals surface area contributed by atoms with E-state index in [4.69, 9.17) is 0 Å². The summed E-state index contributed by atoms with van der Waals surface area (Å²) < 4.78 is 1.90. The highest BCUT2D eigenvalue weighted by atomic mass is 16.3. The maximum atomic E-state index is 9.26. The van der Waals surface area contributed by atoms with Gasteiger partial charge in [0, 0.05) is 19.2 Å². The molecule has 1 aliphatic rings. The van der Waals surface area contributed by atoms with E-state index in [1.165, 1.54) is 11.3 Å². The summed E-state index contributed by atoms with van der Waals surface area (Å²) in [5.41, 5.74) is 3.50. The van der Waals surface area contributed by atoms with Crippen LogP contribution in [0.2, 0.25) is 0 Å². The third-order valence-electron chi connectivity index (χ3n) is 3.10. The second-order valence-electron chi connectivity index (χ2n) is 4.31. The number of aromatic nitrogens is 2. The largest absolute Gasteiger partial charge is 0.508 e. The van der Waals surface area contributed by atoms with Gasteiger partial charge in [-0.3, -0.25) is 0 Å². The summed E-state index contributed by atoms with van der Waals surface area (Å²) in [5.74, 6) is 0.284. The first kappa shape index (κ1) is 10.4. The van der Waals surface area contributed by atoms with Gasteiger partial charge in [-0.25, -0.2) is 4.68 Å². The fourth-order valence-electron chi connectivity index (χ4n) is 2.16. The summed E-state index contributed by atoms with van der Waals surface area (Å²) in [6.07, 6.45) is 4.11. The smallest absolute Gasteiger partial charge is 0.115 e. The second-order valence-corrected chi connectivity index (χ2v) is 4.31. The average molecular weight is 229 g/mol. The summed E-state index contributed by atoms with van der Waals surface area (Å²) in [7, 11) is 0. The Hall–Kier alpha value is -1.81. The van der Waals surface area contributed by atoms with Crippen molar-refractivity contribution in [2.45, 2.75) is 12.8 Å². The molecule has 4 nitrogen and oxygen atoms in total. The average Bonchev–Trinajstić information content (AvgIpc) is 2.62. The molecule has 0 saturated heterocycles. The lowest BCUT2D eigenvalue weighted by atomic mass is 10.2. The Morgan fingerprint density at radius 3 is 2.71 bits per heavy atom. The molecule has 0 amide bonds. The van der Waals surface area contributed by atoms with E-state index < -0.39 is 0 Å². The van der Waals surface area contributed by atoms with Crippen LogP contribution in [0.5, 0.6) is 5.75 Å². The Labute approximate surface area is 99.9 Å². The minimum Gasteiger partial charge on any atom is -0.508 e. The fraction of sp³-hybridized carbons (Fsp3) is 0.308. The van der Waals surface area contributed by atoms with Gasteiger partial charge in [0.1, 0.15) is 5.75 Å². The number of hydrogen-bond acceptors (Lipinski definition) is 3. The predicted molar refractivity (Wildman–Crippen MR) is 65.5 cm³/mol. The molecule has 1 aliphatic heterocycles. The zero-order chi connectivity index (χ0) is 11.7. The molecule has 3 rings (SSSR count). The van der Waals surface area contributed by atoms with E-state index in [9.17, 15) is 5.11 Å². The molecule has 1 aromatic heterocycles. The van der Waals surface area contributed by atoms with Gasteiger partial charge in [0.2, 0.25) is 0 Å². The highest BCUT2D eigenvalue weighted by Crippen LogP contribution is 2.17. The number of hydrogen-bond donors (Lipinski definition) is 2. The van der Waals surface area contributed by atoms with Gasteiger partial charge in [0.05, 0.1) is 11.4 Å². The molecule has 0 unspecified atom stereocenters. The maximum Gasteiger partial charge on any atom is 0.115 e. The van der Waals surface area contributed by atoms with Crippen molar-refractivity contribution in [3.8, 4) is 11.4 Å². The predicted octanol–water partition coefficient (Wildman–Crippen LogP) is 1.27. The third kappa shape index (κ3) is 2.03. The number of nitrogens with one attached hydrogen (secondary N) is 1. The zero-order valence-electron chi connectivity index (χ0n) is 9.56. The van der Waals surface area contributed by atoms with Gasteiger partial charge in [-0.2, -0.15) is 5.10 Å². The van der Waals surface area contributed by atoms with Crippen LogP contribution in [0.15, 0.2) is 30.5 Å². The van der Waals surface area contributed by atoms with Gasteiger partial charge in [-0.1, -0.05) is 0 Å². The lowest BCUT2D eigenvalue weighted by Gasteiger charge is -2.01. The van der Waals surface area contributed by atoms with Crippen LogP contribution in [0.25, 0.3) is 5.69 Å².